The highest BCUT2D eigenvalue weighted by molar-refractivity contribution is 7.89. The molecule has 0 radical (unpaired) electrons. The molecule has 1 aromatic rings. The molecule has 3 fully saturated rings. The van der Waals surface area contributed by atoms with Crippen LogP contribution in [0.2, 0.25) is 0 Å². The monoisotopic (exact) mass is 366 g/mol. The molecular formula is C18H23FN2O3S. The molecule has 0 aromatic heterocycles. The third kappa shape index (κ3) is 3.48. The lowest BCUT2D eigenvalue weighted by molar-refractivity contribution is -0.139. The van der Waals surface area contributed by atoms with Crippen molar-refractivity contribution >= 4 is 15.9 Å². The number of carbonyl (C=O) groups excluding carboxylic acids is 1. The van der Waals surface area contributed by atoms with Gasteiger partial charge in [-0.1, -0.05) is 23.8 Å². The quantitative estimate of drug-likeness (QED) is 0.769. The predicted octanol–water partition coefficient (Wildman–Crippen LogP) is 2.40. The Morgan fingerprint density at radius 1 is 1.24 bits per heavy atom. The summed E-state index contributed by atoms with van der Waals surface area (Å²) in [7, 11) is -3.96. The smallest absolute Gasteiger partial charge is 0.246 e. The molecule has 2 bridgehead atoms. The van der Waals surface area contributed by atoms with Crippen molar-refractivity contribution in [2.24, 2.45) is 5.92 Å². The maximum atomic E-state index is 14.0. The van der Waals surface area contributed by atoms with Crippen LogP contribution >= 0.6 is 0 Å². The minimum absolute atomic E-state index is 0.0000152. The van der Waals surface area contributed by atoms with E-state index < -0.39 is 15.8 Å². The zero-order chi connectivity index (χ0) is 18.2. The van der Waals surface area contributed by atoms with Gasteiger partial charge in [0.15, 0.2) is 0 Å². The maximum absolute atomic E-state index is 14.0. The number of sulfonamides is 1. The van der Waals surface area contributed by atoms with Gasteiger partial charge in [0.1, 0.15) is 10.7 Å². The Labute approximate surface area is 148 Å². The molecule has 0 aliphatic carbocycles. The zero-order valence-corrected chi connectivity index (χ0v) is 15.3. The molecule has 25 heavy (non-hydrogen) atoms. The largest absolute Gasteiger partial charge is 0.334 e. The van der Waals surface area contributed by atoms with Gasteiger partial charge in [0.2, 0.25) is 15.9 Å². The molecule has 3 saturated heterocycles. The third-order valence-corrected chi connectivity index (χ3v) is 6.78. The lowest BCUT2D eigenvalue weighted by Gasteiger charge is -2.35. The maximum Gasteiger partial charge on any atom is 0.246 e. The summed E-state index contributed by atoms with van der Waals surface area (Å²) < 4.78 is 41.1. The third-order valence-electron chi connectivity index (χ3n) is 4.91. The van der Waals surface area contributed by atoms with Gasteiger partial charge in [-0.3, -0.25) is 4.79 Å². The summed E-state index contributed by atoms with van der Waals surface area (Å²) in [6.45, 7) is 4.77. The summed E-state index contributed by atoms with van der Waals surface area (Å²) in [5.74, 6) is -1.11. The molecule has 0 N–H and O–H groups in total. The summed E-state index contributed by atoms with van der Waals surface area (Å²) in [5, 5.41) is 0. The van der Waals surface area contributed by atoms with E-state index in [2.05, 4.69) is 0 Å². The van der Waals surface area contributed by atoms with Gasteiger partial charge in [0.05, 0.1) is 5.92 Å². The van der Waals surface area contributed by atoms with Crippen LogP contribution < -0.4 is 0 Å². The fourth-order valence-electron chi connectivity index (χ4n) is 3.51. The minimum atomic E-state index is -3.96. The van der Waals surface area contributed by atoms with Gasteiger partial charge in [-0.2, -0.15) is 4.31 Å². The van der Waals surface area contributed by atoms with Gasteiger partial charge in [-0.15, -0.1) is 0 Å². The molecule has 3 aliphatic rings. The highest BCUT2D eigenvalue weighted by Gasteiger charge is 2.44. The van der Waals surface area contributed by atoms with Gasteiger partial charge in [0.25, 0.3) is 0 Å². The van der Waals surface area contributed by atoms with E-state index in [0.717, 1.165) is 18.1 Å². The number of carbonyl (C=O) groups is 1. The van der Waals surface area contributed by atoms with Crippen LogP contribution in [0.1, 0.15) is 26.7 Å². The SMILES string of the molecule is CC(C)=CCN1C(=O)[C@H]2CC[C@@H]1CN(S(=O)(=O)c1ccccc1F)C2. The summed E-state index contributed by atoms with van der Waals surface area (Å²) in [5.41, 5.74) is 1.11. The first-order valence-corrected chi connectivity index (χ1v) is 9.93. The first-order chi connectivity index (χ1) is 11.8. The Hall–Kier alpha value is -1.73. The number of amides is 1. The van der Waals surface area contributed by atoms with Crippen LogP contribution in [0.15, 0.2) is 40.8 Å². The van der Waals surface area contributed by atoms with E-state index in [1.54, 1.807) is 4.90 Å². The number of halogens is 1. The van der Waals surface area contributed by atoms with E-state index in [4.69, 9.17) is 0 Å². The Morgan fingerprint density at radius 2 is 1.96 bits per heavy atom. The summed E-state index contributed by atoms with van der Waals surface area (Å²) in [6, 6.07) is 5.23. The highest BCUT2D eigenvalue weighted by atomic mass is 32.2. The Morgan fingerprint density at radius 3 is 2.64 bits per heavy atom. The van der Waals surface area contributed by atoms with Crippen molar-refractivity contribution in [2.45, 2.75) is 37.6 Å². The van der Waals surface area contributed by atoms with Crippen LogP contribution in [0.3, 0.4) is 0 Å². The van der Waals surface area contributed by atoms with Gasteiger partial charge < -0.3 is 4.90 Å². The fourth-order valence-corrected chi connectivity index (χ4v) is 5.10. The van der Waals surface area contributed by atoms with E-state index in [0.29, 0.717) is 13.0 Å². The molecule has 3 heterocycles. The fraction of sp³-hybridized carbons (Fsp3) is 0.500. The van der Waals surface area contributed by atoms with Crippen LogP contribution in [0.5, 0.6) is 0 Å². The van der Waals surface area contributed by atoms with Crippen LogP contribution in [0, 0.1) is 11.7 Å². The van der Waals surface area contributed by atoms with Gasteiger partial charge >= 0.3 is 0 Å². The van der Waals surface area contributed by atoms with E-state index in [9.17, 15) is 17.6 Å². The van der Waals surface area contributed by atoms with Crippen LogP contribution in [-0.4, -0.2) is 49.2 Å². The Balaban J connectivity index is 1.90. The molecule has 0 saturated carbocycles. The van der Waals surface area contributed by atoms with Gasteiger partial charge in [-0.25, -0.2) is 12.8 Å². The molecule has 7 heteroatoms. The van der Waals surface area contributed by atoms with Crippen molar-refractivity contribution in [1.82, 2.24) is 9.21 Å². The minimum Gasteiger partial charge on any atom is -0.334 e. The predicted molar refractivity (Wildman–Crippen MR) is 92.8 cm³/mol. The molecule has 0 spiro atoms. The van der Waals surface area contributed by atoms with Gasteiger partial charge in [-0.05, 0) is 38.8 Å². The number of allylic oxidation sites excluding steroid dienone is 1. The molecule has 136 valence electrons. The van der Waals surface area contributed by atoms with Crippen molar-refractivity contribution in [3.05, 3.63) is 41.7 Å². The topological polar surface area (TPSA) is 57.7 Å². The lowest BCUT2D eigenvalue weighted by Crippen LogP contribution is -2.48. The first-order valence-electron chi connectivity index (χ1n) is 8.49. The summed E-state index contributed by atoms with van der Waals surface area (Å²) >= 11 is 0. The number of nitrogens with zero attached hydrogens (tertiary/aromatic N) is 2. The van der Waals surface area contributed by atoms with E-state index >= 15 is 0 Å². The second-order valence-electron chi connectivity index (χ2n) is 6.95. The van der Waals surface area contributed by atoms with E-state index in [1.165, 1.54) is 22.5 Å². The number of hydrogen-bond acceptors (Lipinski definition) is 3. The molecule has 1 aromatic carbocycles. The van der Waals surface area contributed by atoms with E-state index in [-0.39, 0.29) is 35.9 Å². The first kappa shape index (κ1) is 18.1. The molecule has 5 nitrogen and oxygen atoms in total. The average Bonchev–Trinajstić information content (AvgIpc) is 2.85. The Kier molecular flexibility index (Phi) is 4.97. The number of piperidine rings is 1. The number of benzene rings is 1. The second kappa shape index (κ2) is 6.88. The van der Waals surface area contributed by atoms with Crippen molar-refractivity contribution < 1.29 is 17.6 Å². The van der Waals surface area contributed by atoms with Crippen LogP contribution in [0.25, 0.3) is 0 Å². The lowest BCUT2D eigenvalue weighted by atomic mass is 9.94. The zero-order valence-electron chi connectivity index (χ0n) is 14.5. The summed E-state index contributed by atoms with van der Waals surface area (Å²) in [4.78, 5) is 14.2. The standard InChI is InChI=1S/C18H23FN2O3S/c1-13(2)9-10-21-15-8-7-14(18(21)22)11-20(12-15)25(23,24)17-6-4-3-5-16(17)19/h3-6,9,14-15H,7-8,10-12H2,1-2H3/t14-,15+/m0/s1. The van der Waals surface area contributed by atoms with E-state index in [1.807, 2.05) is 19.9 Å². The second-order valence-corrected chi connectivity index (χ2v) is 8.86. The molecule has 2 atom stereocenters. The molecular weight excluding hydrogens is 343 g/mol. The normalized spacial score (nSPS) is 24.3. The van der Waals surface area contributed by atoms with Crippen molar-refractivity contribution in [3.63, 3.8) is 0 Å². The molecule has 3 aliphatic heterocycles. The number of fused-ring (bicyclic) bond motifs is 4. The molecule has 1 amide bonds. The van der Waals surface area contributed by atoms with Crippen molar-refractivity contribution in [2.75, 3.05) is 19.6 Å². The van der Waals surface area contributed by atoms with Crippen LogP contribution in [-0.2, 0) is 14.8 Å². The average molecular weight is 366 g/mol. The van der Waals surface area contributed by atoms with Crippen molar-refractivity contribution in [3.8, 4) is 0 Å². The highest BCUT2D eigenvalue weighted by Crippen LogP contribution is 2.32. The molecule has 0 unspecified atom stereocenters. The number of rotatable bonds is 4. The number of hydrogen-bond donors (Lipinski definition) is 0. The summed E-state index contributed by atoms with van der Waals surface area (Å²) in [6.07, 6.45) is 3.43. The van der Waals surface area contributed by atoms with Crippen LogP contribution in [0.4, 0.5) is 4.39 Å². The van der Waals surface area contributed by atoms with Crippen molar-refractivity contribution in [1.29, 1.82) is 0 Å². The van der Waals surface area contributed by atoms with Gasteiger partial charge in [0, 0.05) is 25.7 Å². The molecule has 4 rings (SSSR count). The Bertz CT molecular complexity index is 802.